The first-order valence-corrected chi connectivity index (χ1v) is 10.1. The first kappa shape index (κ1) is 24.7. The number of Topliss-reactive ketones (excluding diaryl/α,β-unsaturated/α-hetero) is 1. The summed E-state index contributed by atoms with van der Waals surface area (Å²) in [6.07, 6.45) is -9.65. The Morgan fingerprint density at radius 3 is 1.97 bits per heavy atom. The highest BCUT2D eigenvalue weighted by Crippen LogP contribution is 2.39. The van der Waals surface area contributed by atoms with Gasteiger partial charge in [-0.25, -0.2) is 4.39 Å². The van der Waals surface area contributed by atoms with Gasteiger partial charge < -0.3 is 5.32 Å². The fraction of sp³-hybridized carbons (Fsp3) is 0.391. The largest absolute Gasteiger partial charge is 0.416 e. The normalized spacial score (nSPS) is 17.5. The molecule has 0 aliphatic heterocycles. The minimum absolute atomic E-state index is 0.00485. The van der Waals surface area contributed by atoms with Crippen LogP contribution in [0.3, 0.4) is 0 Å². The maximum Gasteiger partial charge on any atom is 0.416 e. The molecule has 3 rings (SSSR count). The molecule has 33 heavy (non-hydrogen) atoms. The Morgan fingerprint density at radius 2 is 1.48 bits per heavy atom. The van der Waals surface area contributed by atoms with Crippen LogP contribution in [0.2, 0.25) is 0 Å². The van der Waals surface area contributed by atoms with Gasteiger partial charge in [-0.1, -0.05) is 12.1 Å². The zero-order chi connectivity index (χ0) is 24.6. The molecule has 1 aliphatic rings. The molecule has 2 aromatic carbocycles. The van der Waals surface area contributed by atoms with Crippen molar-refractivity contribution in [1.82, 2.24) is 5.32 Å². The lowest BCUT2D eigenvalue weighted by Gasteiger charge is -2.39. The Bertz CT molecular complexity index is 1020. The highest BCUT2D eigenvalue weighted by Gasteiger charge is 2.41. The number of carbonyl (C=O) groups is 2. The van der Waals surface area contributed by atoms with Crippen LogP contribution in [0, 0.1) is 5.82 Å². The van der Waals surface area contributed by atoms with Crippen molar-refractivity contribution in [3.05, 3.63) is 70.5 Å². The third kappa shape index (κ3) is 5.54. The van der Waals surface area contributed by atoms with E-state index in [0.29, 0.717) is 17.7 Å². The highest BCUT2D eigenvalue weighted by molar-refractivity contribution is 5.85. The number of ketones is 1. The summed E-state index contributed by atoms with van der Waals surface area (Å²) in [5, 5.41) is 2.69. The van der Waals surface area contributed by atoms with Gasteiger partial charge in [-0.2, -0.15) is 26.3 Å². The van der Waals surface area contributed by atoms with Crippen LogP contribution in [0.5, 0.6) is 0 Å². The third-order valence-corrected chi connectivity index (χ3v) is 5.90. The van der Waals surface area contributed by atoms with Crippen molar-refractivity contribution in [2.75, 3.05) is 0 Å². The van der Waals surface area contributed by atoms with E-state index in [2.05, 4.69) is 5.32 Å². The van der Waals surface area contributed by atoms with Gasteiger partial charge in [0.05, 0.1) is 22.6 Å². The summed E-state index contributed by atoms with van der Waals surface area (Å²) in [6, 6.07) is 6.37. The molecular weight excluding hydrogens is 455 g/mol. The lowest BCUT2D eigenvalue weighted by Crippen LogP contribution is -2.49. The van der Waals surface area contributed by atoms with Crippen LogP contribution in [0.4, 0.5) is 30.7 Å². The quantitative estimate of drug-likeness (QED) is 0.542. The summed E-state index contributed by atoms with van der Waals surface area (Å²) in [5.74, 6) is -2.85. The Hall–Kier alpha value is -2.91. The van der Waals surface area contributed by atoms with Crippen molar-refractivity contribution in [2.45, 2.75) is 56.4 Å². The summed E-state index contributed by atoms with van der Waals surface area (Å²) in [4.78, 5) is 24.8. The monoisotopic (exact) mass is 475 g/mol. The van der Waals surface area contributed by atoms with E-state index in [1.54, 1.807) is 6.07 Å². The van der Waals surface area contributed by atoms with Crippen molar-refractivity contribution in [3.63, 3.8) is 0 Å². The molecule has 3 nitrogen and oxygen atoms in total. The Morgan fingerprint density at radius 1 is 0.939 bits per heavy atom. The van der Waals surface area contributed by atoms with E-state index in [9.17, 15) is 40.3 Å². The highest BCUT2D eigenvalue weighted by atomic mass is 19.4. The Kier molecular flexibility index (Phi) is 6.59. The van der Waals surface area contributed by atoms with Gasteiger partial charge in [0.25, 0.3) is 0 Å². The van der Waals surface area contributed by atoms with E-state index in [-0.39, 0.29) is 37.5 Å². The minimum atomic E-state index is -5.04. The van der Waals surface area contributed by atoms with E-state index in [1.165, 1.54) is 25.1 Å². The topological polar surface area (TPSA) is 46.2 Å². The van der Waals surface area contributed by atoms with Gasteiger partial charge in [0.15, 0.2) is 0 Å². The fourth-order valence-electron chi connectivity index (χ4n) is 3.95. The van der Waals surface area contributed by atoms with Crippen LogP contribution >= 0.6 is 0 Å². The van der Waals surface area contributed by atoms with Gasteiger partial charge in [0.2, 0.25) is 5.91 Å². The number of nitrogens with one attached hydrogen (secondary N) is 1. The van der Waals surface area contributed by atoms with Gasteiger partial charge in [-0.15, -0.1) is 0 Å². The van der Waals surface area contributed by atoms with Gasteiger partial charge in [-0.05, 0) is 61.2 Å². The Labute approximate surface area is 185 Å². The van der Waals surface area contributed by atoms with Crippen LogP contribution in [0.1, 0.15) is 60.8 Å². The molecule has 0 saturated heterocycles. The summed E-state index contributed by atoms with van der Waals surface area (Å²) in [7, 11) is 0. The fourth-order valence-corrected chi connectivity index (χ4v) is 3.95. The van der Waals surface area contributed by atoms with Gasteiger partial charge in [-0.3, -0.25) is 9.59 Å². The zero-order valence-corrected chi connectivity index (χ0v) is 17.4. The summed E-state index contributed by atoms with van der Waals surface area (Å²) in [6.45, 7) is 1.19. The zero-order valence-electron chi connectivity index (χ0n) is 17.4. The SMILES string of the molecule is CC(C(=O)NC1(c2cccc(F)c2)CCC(=O)CC1)c1cc(C(F)(F)F)cc(C(F)(F)F)c1. The molecule has 0 heterocycles. The number of benzene rings is 2. The van der Waals surface area contributed by atoms with E-state index < -0.39 is 52.2 Å². The minimum Gasteiger partial charge on any atom is -0.346 e. The van der Waals surface area contributed by atoms with E-state index >= 15 is 0 Å². The molecule has 10 heteroatoms. The molecule has 178 valence electrons. The predicted molar refractivity (Wildman–Crippen MR) is 105 cm³/mol. The standard InChI is InChI=1S/C23H20F7NO2/c1-13(14-9-16(22(25,26)27)11-17(10-14)23(28,29)30)20(33)31-21(7-5-19(32)6-8-21)15-3-2-4-18(24)12-15/h2-4,9-13H,5-8H2,1H3,(H,31,33). The molecule has 1 amide bonds. The number of carbonyl (C=O) groups excluding carboxylic acids is 2. The van der Waals surface area contributed by atoms with Crippen molar-refractivity contribution in [2.24, 2.45) is 0 Å². The molecule has 2 aromatic rings. The van der Waals surface area contributed by atoms with Gasteiger partial charge in [0.1, 0.15) is 11.6 Å². The predicted octanol–water partition coefficient (Wildman–Crippen LogP) is 6.12. The molecule has 1 unspecified atom stereocenters. The van der Waals surface area contributed by atoms with Crippen molar-refractivity contribution < 1.29 is 40.3 Å². The van der Waals surface area contributed by atoms with Crippen LogP contribution in [-0.2, 0) is 27.5 Å². The lowest BCUT2D eigenvalue weighted by atomic mass is 9.75. The third-order valence-electron chi connectivity index (χ3n) is 5.90. The second-order valence-electron chi connectivity index (χ2n) is 8.18. The Balaban J connectivity index is 1.97. The number of halogens is 7. The summed E-state index contributed by atoms with van der Waals surface area (Å²) < 4.78 is 93.0. The summed E-state index contributed by atoms with van der Waals surface area (Å²) >= 11 is 0. The van der Waals surface area contributed by atoms with E-state index in [1.807, 2.05) is 0 Å². The molecule has 1 atom stereocenters. The van der Waals surface area contributed by atoms with Crippen LogP contribution < -0.4 is 5.32 Å². The first-order chi connectivity index (χ1) is 15.2. The van der Waals surface area contributed by atoms with E-state index in [4.69, 9.17) is 0 Å². The maximum absolute atomic E-state index is 13.8. The molecule has 1 aliphatic carbocycles. The van der Waals surface area contributed by atoms with Crippen LogP contribution in [0.15, 0.2) is 42.5 Å². The smallest absolute Gasteiger partial charge is 0.346 e. The molecule has 1 N–H and O–H groups in total. The number of rotatable bonds is 4. The maximum atomic E-state index is 13.8. The second-order valence-corrected chi connectivity index (χ2v) is 8.18. The van der Waals surface area contributed by atoms with Crippen molar-refractivity contribution in [3.8, 4) is 0 Å². The second kappa shape index (κ2) is 8.79. The number of alkyl halides is 6. The number of amides is 1. The molecular formula is C23H20F7NO2. The van der Waals surface area contributed by atoms with Crippen molar-refractivity contribution >= 4 is 11.7 Å². The van der Waals surface area contributed by atoms with Gasteiger partial charge in [0, 0.05) is 12.8 Å². The van der Waals surface area contributed by atoms with Crippen LogP contribution in [-0.4, -0.2) is 11.7 Å². The van der Waals surface area contributed by atoms with Gasteiger partial charge >= 0.3 is 12.4 Å². The lowest BCUT2D eigenvalue weighted by molar-refractivity contribution is -0.143. The number of hydrogen-bond donors (Lipinski definition) is 1. The molecule has 1 saturated carbocycles. The molecule has 0 spiro atoms. The first-order valence-electron chi connectivity index (χ1n) is 10.1. The molecule has 0 radical (unpaired) electrons. The average molecular weight is 475 g/mol. The number of hydrogen-bond acceptors (Lipinski definition) is 2. The van der Waals surface area contributed by atoms with Crippen molar-refractivity contribution in [1.29, 1.82) is 0 Å². The van der Waals surface area contributed by atoms with Crippen LogP contribution in [0.25, 0.3) is 0 Å². The summed E-state index contributed by atoms with van der Waals surface area (Å²) in [5.41, 5.74) is -4.30. The average Bonchev–Trinajstić information content (AvgIpc) is 2.73. The molecule has 0 aromatic heterocycles. The molecule has 0 bridgehead atoms. The molecule has 1 fully saturated rings. The van der Waals surface area contributed by atoms with E-state index in [0.717, 1.165) is 0 Å².